The van der Waals surface area contributed by atoms with Gasteiger partial charge >= 0.3 is 0 Å². The van der Waals surface area contributed by atoms with Gasteiger partial charge in [-0.1, -0.05) is 20.3 Å². The van der Waals surface area contributed by atoms with Crippen LogP contribution in [0.1, 0.15) is 58.7 Å². The van der Waals surface area contributed by atoms with Crippen LogP contribution in [-0.4, -0.2) is 64.4 Å². The highest BCUT2D eigenvalue weighted by molar-refractivity contribution is 5.79. The first-order valence-corrected chi connectivity index (χ1v) is 10.4. The van der Waals surface area contributed by atoms with Crippen LogP contribution in [0.3, 0.4) is 0 Å². The summed E-state index contributed by atoms with van der Waals surface area (Å²) in [5.74, 6) is 1.95. The maximum absolute atomic E-state index is 4.64. The zero-order valence-electron chi connectivity index (χ0n) is 16.9. The normalized spacial score (nSPS) is 18.9. The number of hydrogen-bond acceptors (Lipinski definition) is 4. The second-order valence-corrected chi connectivity index (χ2v) is 7.11. The number of aryl methyl sites for hydroxylation is 1. The Labute approximate surface area is 158 Å². The molecule has 7 nitrogen and oxygen atoms in total. The third-order valence-corrected chi connectivity index (χ3v) is 5.01. The van der Waals surface area contributed by atoms with E-state index in [-0.39, 0.29) is 0 Å². The van der Waals surface area contributed by atoms with E-state index in [4.69, 9.17) is 0 Å². The maximum atomic E-state index is 4.64. The van der Waals surface area contributed by atoms with Crippen LogP contribution in [0.5, 0.6) is 0 Å². The lowest BCUT2D eigenvalue weighted by molar-refractivity contribution is 0.159. The van der Waals surface area contributed by atoms with Gasteiger partial charge in [-0.25, -0.2) is 0 Å². The van der Waals surface area contributed by atoms with Crippen LogP contribution in [0.15, 0.2) is 11.3 Å². The SMILES string of the molecule is CCCN=C(NCCCN1CCCCC1C)NCCn1cnnc1CC. The van der Waals surface area contributed by atoms with Crippen LogP contribution < -0.4 is 10.6 Å². The van der Waals surface area contributed by atoms with Crippen molar-refractivity contribution in [3.63, 3.8) is 0 Å². The number of nitrogens with one attached hydrogen (secondary N) is 2. The fourth-order valence-electron chi connectivity index (χ4n) is 3.41. The molecule has 0 saturated carbocycles. The molecule has 0 spiro atoms. The van der Waals surface area contributed by atoms with Crippen LogP contribution in [-0.2, 0) is 13.0 Å². The number of aliphatic imine (C=N–C) groups is 1. The maximum Gasteiger partial charge on any atom is 0.191 e. The highest BCUT2D eigenvalue weighted by Crippen LogP contribution is 2.15. The first-order valence-electron chi connectivity index (χ1n) is 10.4. The molecule has 7 heteroatoms. The molecule has 148 valence electrons. The zero-order valence-corrected chi connectivity index (χ0v) is 16.9. The Hall–Kier alpha value is -1.63. The Morgan fingerprint density at radius 1 is 1.23 bits per heavy atom. The van der Waals surface area contributed by atoms with Gasteiger partial charge in [-0.3, -0.25) is 4.99 Å². The molecule has 1 fully saturated rings. The number of hydrogen-bond donors (Lipinski definition) is 2. The Morgan fingerprint density at radius 3 is 2.85 bits per heavy atom. The van der Waals surface area contributed by atoms with Crippen LogP contribution in [0.2, 0.25) is 0 Å². The predicted molar refractivity (Wildman–Crippen MR) is 108 cm³/mol. The molecule has 1 aromatic heterocycles. The molecule has 1 saturated heterocycles. The molecule has 0 aromatic carbocycles. The lowest BCUT2D eigenvalue weighted by Crippen LogP contribution is -2.42. The van der Waals surface area contributed by atoms with Gasteiger partial charge in [0.15, 0.2) is 5.96 Å². The van der Waals surface area contributed by atoms with Gasteiger partial charge in [0.25, 0.3) is 0 Å². The number of rotatable bonds is 10. The Morgan fingerprint density at radius 2 is 2.08 bits per heavy atom. The van der Waals surface area contributed by atoms with Crippen molar-refractivity contribution in [2.75, 3.05) is 32.7 Å². The van der Waals surface area contributed by atoms with Crippen LogP contribution in [0.4, 0.5) is 0 Å². The van der Waals surface area contributed by atoms with Gasteiger partial charge in [0.2, 0.25) is 0 Å². The van der Waals surface area contributed by atoms with E-state index >= 15 is 0 Å². The summed E-state index contributed by atoms with van der Waals surface area (Å²) in [5, 5.41) is 15.0. The summed E-state index contributed by atoms with van der Waals surface area (Å²) in [4.78, 5) is 7.27. The monoisotopic (exact) mass is 363 g/mol. The predicted octanol–water partition coefficient (Wildman–Crippen LogP) is 2.05. The van der Waals surface area contributed by atoms with Gasteiger partial charge in [0, 0.05) is 45.2 Å². The van der Waals surface area contributed by atoms with E-state index in [1.165, 1.54) is 32.4 Å². The largest absolute Gasteiger partial charge is 0.356 e. The van der Waals surface area contributed by atoms with Crippen LogP contribution in [0.25, 0.3) is 0 Å². The van der Waals surface area contributed by atoms with Gasteiger partial charge in [0.1, 0.15) is 12.2 Å². The van der Waals surface area contributed by atoms with E-state index in [1.54, 1.807) is 6.33 Å². The summed E-state index contributed by atoms with van der Waals surface area (Å²) in [7, 11) is 0. The van der Waals surface area contributed by atoms with Crippen molar-refractivity contribution in [3.05, 3.63) is 12.2 Å². The summed E-state index contributed by atoms with van der Waals surface area (Å²) in [6.07, 6.45) is 9.01. The van der Waals surface area contributed by atoms with Crippen molar-refractivity contribution in [2.24, 2.45) is 4.99 Å². The molecule has 1 aliphatic heterocycles. The molecule has 0 radical (unpaired) electrons. The third-order valence-electron chi connectivity index (χ3n) is 5.01. The molecule has 1 aliphatic rings. The second kappa shape index (κ2) is 11.9. The minimum Gasteiger partial charge on any atom is -0.356 e. The number of likely N-dealkylation sites (tertiary alicyclic amines) is 1. The molecule has 0 amide bonds. The standard InChI is InChI=1S/C19H37N7/c1-4-10-20-19(22-12-15-26-16-23-24-18(26)5-2)21-11-8-14-25-13-7-6-9-17(25)3/h16-17H,4-15H2,1-3H3,(H2,20,21,22). The third kappa shape index (κ3) is 6.94. The van der Waals surface area contributed by atoms with E-state index in [2.05, 4.69) is 56.1 Å². The molecular formula is C19H37N7. The van der Waals surface area contributed by atoms with Crippen molar-refractivity contribution in [1.82, 2.24) is 30.3 Å². The molecular weight excluding hydrogens is 326 g/mol. The minimum atomic E-state index is 0.742. The van der Waals surface area contributed by atoms with E-state index in [0.29, 0.717) is 0 Å². The average Bonchev–Trinajstić information content (AvgIpc) is 3.11. The van der Waals surface area contributed by atoms with Crippen molar-refractivity contribution in [1.29, 1.82) is 0 Å². The summed E-state index contributed by atoms with van der Waals surface area (Å²) < 4.78 is 2.10. The van der Waals surface area contributed by atoms with Gasteiger partial charge in [-0.05, 0) is 39.2 Å². The highest BCUT2D eigenvalue weighted by Gasteiger charge is 2.17. The summed E-state index contributed by atoms with van der Waals surface area (Å²) in [5.41, 5.74) is 0. The van der Waals surface area contributed by atoms with Gasteiger partial charge < -0.3 is 20.1 Å². The van der Waals surface area contributed by atoms with E-state index in [9.17, 15) is 0 Å². The molecule has 0 aliphatic carbocycles. The number of nitrogens with zero attached hydrogens (tertiary/aromatic N) is 5. The number of guanidine groups is 1. The molecule has 0 bridgehead atoms. The fraction of sp³-hybridized carbons (Fsp3) is 0.842. The van der Waals surface area contributed by atoms with E-state index < -0.39 is 0 Å². The topological polar surface area (TPSA) is 70.4 Å². The second-order valence-electron chi connectivity index (χ2n) is 7.11. The van der Waals surface area contributed by atoms with Gasteiger partial charge in [-0.2, -0.15) is 0 Å². The Kier molecular flexibility index (Phi) is 9.45. The van der Waals surface area contributed by atoms with Crippen LogP contribution in [0, 0.1) is 0 Å². The molecule has 1 atom stereocenters. The average molecular weight is 364 g/mol. The van der Waals surface area contributed by atoms with Crippen molar-refractivity contribution < 1.29 is 0 Å². The zero-order chi connectivity index (χ0) is 18.6. The Bertz CT molecular complexity index is 526. The smallest absolute Gasteiger partial charge is 0.191 e. The van der Waals surface area contributed by atoms with E-state index in [1.807, 2.05) is 0 Å². The molecule has 2 N–H and O–H groups in total. The van der Waals surface area contributed by atoms with Gasteiger partial charge in [0.05, 0.1) is 0 Å². The molecule has 26 heavy (non-hydrogen) atoms. The highest BCUT2D eigenvalue weighted by atomic mass is 15.3. The fourth-order valence-corrected chi connectivity index (χ4v) is 3.41. The quantitative estimate of drug-likeness (QED) is 0.378. The van der Waals surface area contributed by atoms with Gasteiger partial charge in [-0.15, -0.1) is 10.2 Å². The van der Waals surface area contributed by atoms with Crippen molar-refractivity contribution in [2.45, 2.75) is 71.9 Å². The molecule has 2 heterocycles. The molecule has 1 aromatic rings. The summed E-state index contributed by atoms with van der Waals surface area (Å²) in [6, 6.07) is 0.742. The lowest BCUT2D eigenvalue weighted by atomic mass is 10.0. The number of piperidine rings is 1. The minimum absolute atomic E-state index is 0.742. The lowest BCUT2D eigenvalue weighted by Gasteiger charge is -2.33. The first kappa shape index (κ1) is 20.7. The summed E-state index contributed by atoms with van der Waals surface area (Å²) in [6.45, 7) is 12.5. The molecule has 2 rings (SSSR count). The number of aromatic nitrogens is 3. The Balaban J connectivity index is 1.69. The molecule has 1 unspecified atom stereocenters. The van der Waals surface area contributed by atoms with E-state index in [0.717, 1.165) is 63.3 Å². The van der Waals surface area contributed by atoms with Crippen molar-refractivity contribution in [3.8, 4) is 0 Å². The first-order chi connectivity index (χ1) is 12.7. The summed E-state index contributed by atoms with van der Waals surface area (Å²) >= 11 is 0. The van der Waals surface area contributed by atoms with Crippen molar-refractivity contribution >= 4 is 5.96 Å². The van der Waals surface area contributed by atoms with Crippen LogP contribution >= 0.6 is 0 Å².